The molecule has 0 amide bonds. The monoisotopic (exact) mass is 208 g/mol. The molecule has 0 unspecified atom stereocenters. The Labute approximate surface area is 95.4 Å². The Balaban J connectivity index is 2.22. The zero-order chi connectivity index (χ0) is 11.4. The minimum Gasteiger partial charge on any atom is -0.508 e. The predicted molar refractivity (Wildman–Crippen MR) is 65.3 cm³/mol. The first kappa shape index (κ1) is 10.3. The summed E-state index contributed by atoms with van der Waals surface area (Å²) in [6.45, 7) is 0. The third-order valence-electron chi connectivity index (χ3n) is 2.51. The van der Waals surface area contributed by atoms with Gasteiger partial charge in [0.2, 0.25) is 0 Å². The highest BCUT2D eigenvalue weighted by molar-refractivity contribution is 5.39. The third-order valence-corrected chi connectivity index (χ3v) is 2.51. The Morgan fingerprint density at radius 2 is 1.69 bits per heavy atom. The molecule has 16 heavy (non-hydrogen) atoms. The van der Waals surface area contributed by atoms with Crippen molar-refractivity contribution in [3.8, 4) is 18.1 Å². The SMILES string of the molecule is C#Cc1ccc(Cc2ccccc2O)cc1. The molecular formula is C15H12O. The fourth-order valence-corrected chi connectivity index (χ4v) is 1.60. The van der Waals surface area contributed by atoms with E-state index in [9.17, 15) is 5.11 Å². The molecule has 2 aromatic rings. The lowest BCUT2D eigenvalue weighted by molar-refractivity contribution is 0.469. The van der Waals surface area contributed by atoms with Crippen LogP contribution in [0.4, 0.5) is 0 Å². The molecule has 0 saturated heterocycles. The highest BCUT2D eigenvalue weighted by atomic mass is 16.3. The molecule has 1 nitrogen and oxygen atoms in total. The molecule has 0 aliphatic heterocycles. The van der Waals surface area contributed by atoms with Gasteiger partial charge >= 0.3 is 0 Å². The second-order valence-corrected chi connectivity index (χ2v) is 3.65. The van der Waals surface area contributed by atoms with Gasteiger partial charge in [0, 0.05) is 12.0 Å². The van der Waals surface area contributed by atoms with Gasteiger partial charge < -0.3 is 5.11 Å². The second kappa shape index (κ2) is 4.55. The Morgan fingerprint density at radius 1 is 1.00 bits per heavy atom. The standard InChI is InChI=1S/C15H12O/c1-2-12-7-9-13(10-8-12)11-14-5-3-4-6-15(14)16/h1,3-10,16H,11H2. The number of para-hydroxylation sites is 1. The largest absolute Gasteiger partial charge is 0.508 e. The number of terminal acetylenes is 1. The van der Waals surface area contributed by atoms with E-state index in [-0.39, 0.29) is 0 Å². The number of aromatic hydroxyl groups is 1. The van der Waals surface area contributed by atoms with Crippen LogP contribution >= 0.6 is 0 Å². The number of benzene rings is 2. The van der Waals surface area contributed by atoms with Crippen molar-refractivity contribution < 1.29 is 5.11 Å². The van der Waals surface area contributed by atoms with Crippen LogP contribution in [0.2, 0.25) is 0 Å². The Morgan fingerprint density at radius 3 is 2.31 bits per heavy atom. The first-order valence-corrected chi connectivity index (χ1v) is 5.12. The molecule has 1 N–H and O–H groups in total. The van der Waals surface area contributed by atoms with Gasteiger partial charge in [0.1, 0.15) is 5.75 Å². The lowest BCUT2D eigenvalue weighted by Gasteiger charge is -2.04. The number of phenols is 1. The third kappa shape index (κ3) is 2.24. The topological polar surface area (TPSA) is 20.2 Å². The van der Waals surface area contributed by atoms with Crippen molar-refractivity contribution in [1.82, 2.24) is 0 Å². The average molecular weight is 208 g/mol. The second-order valence-electron chi connectivity index (χ2n) is 3.65. The zero-order valence-electron chi connectivity index (χ0n) is 8.85. The van der Waals surface area contributed by atoms with Crippen molar-refractivity contribution in [2.24, 2.45) is 0 Å². The molecule has 0 fully saturated rings. The number of rotatable bonds is 2. The fourth-order valence-electron chi connectivity index (χ4n) is 1.60. The number of hydrogen-bond acceptors (Lipinski definition) is 1. The summed E-state index contributed by atoms with van der Waals surface area (Å²) in [5.41, 5.74) is 2.94. The van der Waals surface area contributed by atoms with E-state index in [2.05, 4.69) is 5.92 Å². The van der Waals surface area contributed by atoms with Crippen molar-refractivity contribution in [2.75, 3.05) is 0 Å². The summed E-state index contributed by atoms with van der Waals surface area (Å²) in [6.07, 6.45) is 6.01. The van der Waals surface area contributed by atoms with Crippen LogP contribution in [0.5, 0.6) is 5.75 Å². The van der Waals surface area contributed by atoms with Crippen LogP contribution in [-0.2, 0) is 6.42 Å². The van der Waals surface area contributed by atoms with E-state index in [1.54, 1.807) is 6.07 Å². The van der Waals surface area contributed by atoms with Crippen LogP contribution in [0.15, 0.2) is 48.5 Å². The van der Waals surface area contributed by atoms with Gasteiger partial charge in [-0.05, 0) is 29.3 Å². The summed E-state index contributed by atoms with van der Waals surface area (Å²) < 4.78 is 0. The van der Waals surface area contributed by atoms with E-state index < -0.39 is 0 Å². The Kier molecular flexibility index (Phi) is 2.93. The lowest BCUT2D eigenvalue weighted by Crippen LogP contribution is -1.88. The van der Waals surface area contributed by atoms with E-state index >= 15 is 0 Å². The smallest absolute Gasteiger partial charge is 0.119 e. The summed E-state index contributed by atoms with van der Waals surface area (Å²) >= 11 is 0. The summed E-state index contributed by atoms with van der Waals surface area (Å²) in [5.74, 6) is 2.92. The highest BCUT2D eigenvalue weighted by Crippen LogP contribution is 2.19. The van der Waals surface area contributed by atoms with Crippen molar-refractivity contribution in [3.63, 3.8) is 0 Å². The fraction of sp³-hybridized carbons (Fsp3) is 0.0667. The first-order valence-electron chi connectivity index (χ1n) is 5.12. The summed E-state index contributed by atoms with van der Waals surface area (Å²) in [4.78, 5) is 0. The summed E-state index contributed by atoms with van der Waals surface area (Å²) in [6, 6.07) is 15.2. The lowest BCUT2D eigenvalue weighted by atomic mass is 10.0. The Bertz CT molecular complexity index is 518. The summed E-state index contributed by atoms with van der Waals surface area (Å²) in [7, 11) is 0. The first-order chi connectivity index (χ1) is 7.79. The van der Waals surface area contributed by atoms with Crippen LogP contribution in [0.3, 0.4) is 0 Å². The molecule has 2 aromatic carbocycles. The van der Waals surface area contributed by atoms with Crippen LogP contribution < -0.4 is 0 Å². The van der Waals surface area contributed by atoms with Gasteiger partial charge in [0.15, 0.2) is 0 Å². The number of phenolic OH excluding ortho intramolecular Hbond substituents is 1. The van der Waals surface area contributed by atoms with Gasteiger partial charge in [-0.15, -0.1) is 6.42 Å². The normalized spacial score (nSPS) is 9.69. The van der Waals surface area contributed by atoms with Crippen molar-refractivity contribution in [3.05, 3.63) is 65.2 Å². The van der Waals surface area contributed by atoms with Crippen molar-refractivity contribution in [2.45, 2.75) is 6.42 Å². The molecule has 0 radical (unpaired) electrons. The van der Waals surface area contributed by atoms with E-state index in [4.69, 9.17) is 6.42 Å². The zero-order valence-corrected chi connectivity index (χ0v) is 8.85. The maximum atomic E-state index is 9.64. The molecule has 0 atom stereocenters. The van der Waals surface area contributed by atoms with Gasteiger partial charge in [-0.2, -0.15) is 0 Å². The molecule has 1 heteroatoms. The predicted octanol–water partition coefficient (Wildman–Crippen LogP) is 2.96. The van der Waals surface area contributed by atoms with Gasteiger partial charge in [0.05, 0.1) is 0 Å². The number of hydrogen-bond donors (Lipinski definition) is 1. The van der Waals surface area contributed by atoms with Crippen LogP contribution in [0.25, 0.3) is 0 Å². The molecule has 0 spiro atoms. The van der Waals surface area contributed by atoms with Crippen LogP contribution in [0.1, 0.15) is 16.7 Å². The van der Waals surface area contributed by atoms with Gasteiger partial charge in [-0.1, -0.05) is 36.3 Å². The Hall–Kier alpha value is -2.20. The average Bonchev–Trinajstić information content (AvgIpc) is 2.33. The highest BCUT2D eigenvalue weighted by Gasteiger charge is 2.00. The molecule has 0 saturated carbocycles. The molecule has 0 aliphatic rings. The molecule has 0 bridgehead atoms. The summed E-state index contributed by atoms with van der Waals surface area (Å²) in [5, 5.41) is 9.64. The minimum absolute atomic E-state index is 0.337. The molecule has 0 heterocycles. The quantitative estimate of drug-likeness (QED) is 0.752. The molecule has 0 aromatic heterocycles. The van der Waals surface area contributed by atoms with E-state index in [1.165, 1.54) is 0 Å². The molecular weight excluding hydrogens is 196 g/mol. The molecule has 0 aliphatic carbocycles. The minimum atomic E-state index is 0.337. The van der Waals surface area contributed by atoms with Crippen LogP contribution in [0, 0.1) is 12.3 Å². The van der Waals surface area contributed by atoms with Crippen molar-refractivity contribution in [1.29, 1.82) is 0 Å². The van der Waals surface area contributed by atoms with Gasteiger partial charge in [0.25, 0.3) is 0 Å². The maximum Gasteiger partial charge on any atom is 0.119 e. The van der Waals surface area contributed by atoms with E-state index in [1.807, 2.05) is 42.5 Å². The van der Waals surface area contributed by atoms with Gasteiger partial charge in [-0.3, -0.25) is 0 Å². The van der Waals surface area contributed by atoms with E-state index in [0.717, 1.165) is 23.1 Å². The molecule has 78 valence electrons. The van der Waals surface area contributed by atoms with E-state index in [0.29, 0.717) is 5.75 Å². The van der Waals surface area contributed by atoms with Crippen LogP contribution in [-0.4, -0.2) is 5.11 Å². The molecule has 2 rings (SSSR count). The van der Waals surface area contributed by atoms with Crippen molar-refractivity contribution >= 4 is 0 Å². The maximum absolute atomic E-state index is 9.64. The van der Waals surface area contributed by atoms with Gasteiger partial charge in [-0.25, -0.2) is 0 Å².